The minimum atomic E-state index is 0.00755. The molecule has 0 N–H and O–H groups in total. The van der Waals surface area contributed by atoms with E-state index >= 15 is 0 Å². The average Bonchev–Trinajstić information content (AvgIpc) is 2.65. The predicted molar refractivity (Wildman–Crippen MR) is 55.5 cm³/mol. The van der Waals surface area contributed by atoms with Crippen LogP contribution in [0, 0.1) is 12.8 Å². The molecule has 0 unspecified atom stereocenters. The molecule has 0 aromatic carbocycles. The third-order valence-corrected chi connectivity index (χ3v) is 3.02. The first kappa shape index (κ1) is 10.2. The zero-order chi connectivity index (χ0) is 10.8. The molecule has 0 bridgehead atoms. The first-order chi connectivity index (χ1) is 7.18. The monoisotopic (exact) mass is 208 g/mol. The number of aromatic nitrogens is 1. The van der Waals surface area contributed by atoms with Crippen LogP contribution in [0.5, 0.6) is 0 Å². The van der Waals surface area contributed by atoms with E-state index in [1.807, 2.05) is 11.8 Å². The van der Waals surface area contributed by atoms with E-state index in [1.54, 1.807) is 0 Å². The number of hydrogen-bond acceptors (Lipinski definition) is 3. The quantitative estimate of drug-likeness (QED) is 0.707. The van der Waals surface area contributed by atoms with E-state index in [1.165, 1.54) is 6.26 Å². The van der Waals surface area contributed by atoms with Gasteiger partial charge in [0, 0.05) is 18.7 Å². The lowest BCUT2D eigenvalue weighted by Crippen LogP contribution is -2.38. The Morgan fingerprint density at radius 1 is 1.53 bits per heavy atom. The van der Waals surface area contributed by atoms with E-state index in [9.17, 15) is 4.79 Å². The summed E-state index contributed by atoms with van der Waals surface area (Å²) in [5.41, 5.74) is 1.28. The molecule has 1 aliphatic rings. The number of likely N-dealkylation sites (tertiary alicyclic amines) is 1. The SMILES string of the molecule is Cc1conc1C(=O)N1CCC(C)CC1. The lowest BCUT2D eigenvalue weighted by molar-refractivity contribution is 0.0686. The van der Waals surface area contributed by atoms with E-state index in [2.05, 4.69) is 12.1 Å². The summed E-state index contributed by atoms with van der Waals surface area (Å²) >= 11 is 0. The number of nitrogens with zero attached hydrogens (tertiary/aromatic N) is 2. The highest BCUT2D eigenvalue weighted by Gasteiger charge is 2.24. The Morgan fingerprint density at radius 3 is 2.73 bits per heavy atom. The van der Waals surface area contributed by atoms with Gasteiger partial charge < -0.3 is 9.42 Å². The number of rotatable bonds is 1. The smallest absolute Gasteiger partial charge is 0.276 e. The molecule has 2 heterocycles. The zero-order valence-corrected chi connectivity index (χ0v) is 9.19. The maximum Gasteiger partial charge on any atom is 0.276 e. The van der Waals surface area contributed by atoms with Gasteiger partial charge in [0.2, 0.25) is 0 Å². The molecule has 82 valence electrons. The number of carbonyl (C=O) groups excluding carboxylic acids is 1. The molecule has 1 amide bonds. The second-order valence-electron chi connectivity index (χ2n) is 4.32. The van der Waals surface area contributed by atoms with Crippen LogP contribution >= 0.6 is 0 Å². The molecule has 0 atom stereocenters. The summed E-state index contributed by atoms with van der Waals surface area (Å²) in [6.45, 7) is 5.75. The maximum atomic E-state index is 12.0. The van der Waals surface area contributed by atoms with Crippen LogP contribution in [0.15, 0.2) is 10.8 Å². The van der Waals surface area contributed by atoms with Crippen LogP contribution in [0.25, 0.3) is 0 Å². The standard InChI is InChI=1S/C11H16N2O2/c1-8-3-5-13(6-4-8)11(14)10-9(2)7-15-12-10/h7-8H,3-6H2,1-2H3. The van der Waals surface area contributed by atoms with Crippen molar-refractivity contribution in [1.29, 1.82) is 0 Å². The van der Waals surface area contributed by atoms with Gasteiger partial charge in [-0.05, 0) is 25.7 Å². The molecule has 1 aliphatic heterocycles. The van der Waals surface area contributed by atoms with Gasteiger partial charge in [-0.15, -0.1) is 0 Å². The largest absolute Gasteiger partial charge is 0.364 e. The fourth-order valence-corrected chi connectivity index (χ4v) is 1.86. The van der Waals surface area contributed by atoms with E-state index in [0.717, 1.165) is 37.4 Å². The molecule has 0 aliphatic carbocycles. The Balaban J connectivity index is 2.06. The Bertz CT molecular complexity index is 351. The van der Waals surface area contributed by atoms with Crippen LogP contribution in [0.1, 0.15) is 35.8 Å². The molecule has 1 saturated heterocycles. The van der Waals surface area contributed by atoms with E-state index in [-0.39, 0.29) is 5.91 Å². The Hall–Kier alpha value is -1.32. The molecule has 0 saturated carbocycles. The predicted octanol–water partition coefficient (Wildman–Crippen LogP) is 1.86. The van der Waals surface area contributed by atoms with Crippen molar-refractivity contribution >= 4 is 5.91 Å². The van der Waals surface area contributed by atoms with Gasteiger partial charge in [-0.2, -0.15) is 0 Å². The molecular weight excluding hydrogens is 192 g/mol. The first-order valence-electron chi connectivity index (χ1n) is 5.38. The van der Waals surface area contributed by atoms with Crippen molar-refractivity contribution in [2.75, 3.05) is 13.1 Å². The summed E-state index contributed by atoms with van der Waals surface area (Å²) in [7, 11) is 0. The average molecular weight is 208 g/mol. The summed E-state index contributed by atoms with van der Waals surface area (Å²) in [5, 5.41) is 3.74. The molecular formula is C11H16N2O2. The normalized spacial score (nSPS) is 18.1. The highest BCUT2D eigenvalue weighted by atomic mass is 16.5. The highest BCUT2D eigenvalue weighted by molar-refractivity contribution is 5.93. The van der Waals surface area contributed by atoms with Gasteiger partial charge in [-0.25, -0.2) is 0 Å². The van der Waals surface area contributed by atoms with Gasteiger partial charge >= 0.3 is 0 Å². The van der Waals surface area contributed by atoms with Gasteiger partial charge in [-0.1, -0.05) is 12.1 Å². The topological polar surface area (TPSA) is 46.3 Å². The third-order valence-electron chi connectivity index (χ3n) is 3.02. The van der Waals surface area contributed by atoms with Gasteiger partial charge in [0.15, 0.2) is 5.69 Å². The molecule has 0 spiro atoms. The number of carbonyl (C=O) groups is 1. The second kappa shape index (κ2) is 4.04. The third kappa shape index (κ3) is 2.03. The van der Waals surface area contributed by atoms with E-state index in [0.29, 0.717) is 5.69 Å². The van der Waals surface area contributed by atoms with Crippen LogP contribution in [0.4, 0.5) is 0 Å². The molecule has 2 rings (SSSR count). The zero-order valence-electron chi connectivity index (χ0n) is 9.19. The molecule has 15 heavy (non-hydrogen) atoms. The molecule has 4 heteroatoms. The van der Waals surface area contributed by atoms with Crippen molar-refractivity contribution in [3.63, 3.8) is 0 Å². The van der Waals surface area contributed by atoms with Gasteiger partial charge in [0.1, 0.15) is 6.26 Å². The number of hydrogen-bond donors (Lipinski definition) is 0. The summed E-state index contributed by atoms with van der Waals surface area (Å²) in [6, 6.07) is 0. The molecule has 1 aromatic heterocycles. The molecule has 1 aromatic rings. The molecule has 4 nitrogen and oxygen atoms in total. The number of amides is 1. The fourth-order valence-electron chi connectivity index (χ4n) is 1.86. The van der Waals surface area contributed by atoms with E-state index in [4.69, 9.17) is 4.52 Å². The summed E-state index contributed by atoms with van der Waals surface area (Å²) in [5.74, 6) is 0.737. The second-order valence-corrected chi connectivity index (χ2v) is 4.32. The van der Waals surface area contributed by atoms with Gasteiger partial charge in [0.25, 0.3) is 5.91 Å². The van der Waals surface area contributed by atoms with Crippen LogP contribution < -0.4 is 0 Å². The molecule has 0 radical (unpaired) electrons. The van der Waals surface area contributed by atoms with E-state index < -0.39 is 0 Å². The number of aryl methyl sites for hydroxylation is 1. The van der Waals surface area contributed by atoms with Crippen molar-refractivity contribution in [3.05, 3.63) is 17.5 Å². The van der Waals surface area contributed by atoms with Crippen LogP contribution in [0.2, 0.25) is 0 Å². The van der Waals surface area contributed by atoms with Crippen LogP contribution in [-0.4, -0.2) is 29.1 Å². The van der Waals surface area contributed by atoms with Gasteiger partial charge in [0.05, 0.1) is 0 Å². The minimum absolute atomic E-state index is 0.00755. The van der Waals surface area contributed by atoms with Gasteiger partial charge in [-0.3, -0.25) is 4.79 Å². The first-order valence-corrected chi connectivity index (χ1v) is 5.38. The Labute approximate surface area is 89.2 Å². The fraction of sp³-hybridized carbons (Fsp3) is 0.636. The van der Waals surface area contributed by atoms with Crippen LogP contribution in [0.3, 0.4) is 0 Å². The lowest BCUT2D eigenvalue weighted by atomic mass is 9.99. The van der Waals surface area contributed by atoms with Crippen molar-refractivity contribution in [3.8, 4) is 0 Å². The summed E-state index contributed by atoms with van der Waals surface area (Å²) in [4.78, 5) is 13.9. The minimum Gasteiger partial charge on any atom is -0.364 e. The number of piperidine rings is 1. The van der Waals surface area contributed by atoms with Crippen molar-refractivity contribution in [1.82, 2.24) is 10.1 Å². The lowest BCUT2D eigenvalue weighted by Gasteiger charge is -2.29. The Kier molecular flexibility index (Phi) is 2.75. The van der Waals surface area contributed by atoms with Crippen molar-refractivity contribution < 1.29 is 9.32 Å². The molecule has 1 fully saturated rings. The summed E-state index contributed by atoms with van der Waals surface area (Å²) in [6.07, 6.45) is 3.69. The van der Waals surface area contributed by atoms with Crippen LogP contribution in [-0.2, 0) is 0 Å². The van der Waals surface area contributed by atoms with Crippen molar-refractivity contribution in [2.45, 2.75) is 26.7 Å². The highest BCUT2D eigenvalue weighted by Crippen LogP contribution is 2.18. The Morgan fingerprint density at radius 2 is 2.20 bits per heavy atom. The van der Waals surface area contributed by atoms with Crippen molar-refractivity contribution in [2.24, 2.45) is 5.92 Å². The summed E-state index contributed by atoms with van der Waals surface area (Å²) < 4.78 is 4.78. The maximum absolute atomic E-state index is 12.0.